The molecule has 0 saturated carbocycles. The van der Waals surface area contributed by atoms with Gasteiger partial charge in [-0.2, -0.15) is 0 Å². The topological polar surface area (TPSA) is 61.8 Å². The largest absolute Gasteiger partial charge is 0.491 e. The second kappa shape index (κ2) is 11.2. The highest BCUT2D eigenvalue weighted by molar-refractivity contribution is 7.50. The maximum Gasteiger partial charge on any atom is 0.345 e. The summed E-state index contributed by atoms with van der Waals surface area (Å²) in [4.78, 5) is 26.3. The zero-order chi connectivity index (χ0) is 28.3. The van der Waals surface area contributed by atoms with Gasteiger partial charge in [-0.05, 0) is 68.4 Å². The van der Waals surface area contributed by atoms with Gasteiger partial charge in [0, 0.05) is 32.9 Å². The minimum Gasteiger partial charge on any atom is -0.491 e. The van der Waals surface area contributed by atoms with Crippen molar-refractivity contribution in [2.75, 3.05) is 13.7 Å². The molecule has 0 saturated heterocycles. The van der Waals surface area contributed by atoms with E-state index >= 15 is 0 Å². The molecule has 0 amide bonds. The van der Waals surface area contributed by atoms with Gasteiger partial charge >= 0.3 is 11.9 Å². The lowest BCUT2D eigenvalue weighted by atomic mass is 10.1. The van der Waals surface area contributed by atoms with Gasteiger partial charge in [0.15, 0.2) is 27.4 Å². The number of rotatable bonds is 6. The summed E-state index contributed by atoms with van der Waals surface area (Å²) in [5.41, 5.74) is -0.421. The van der Waals surface area contributed by atoms with E-state index in [1.54, 1.807) is 51.3 Å². The molecule has 0 unspecified atom stereocenters. The summed E-state index contributed by atoms with van der Waals surface area (Å²) in [6.07, 6.45) is 0. The number of benzene rings is 4. The van der Waals surface area contributed by atoms with E-state index in [2.05, 4.69) is 36.1 Å². The summed E-state index contributed by atoms with van der Waals surface area (Å²) >= 11 is 0. The molecule has 5 rings (SSSR count). The Labute approximate surface area is 234 Å². The molecule has 40 heavy (non-hydrogen) atoms. The number of fused-ring (bicyclic) bond motifs is 3. The third kappa shape index (κ3) is 5.68. The first-order chi connectivity index (χ1) is 19.3. The van der Waals surface area contributed by atoms with Gasteiger partial charge in [0.1, 0.15) is 5.82 Å². The lowest BCUT2D eigenvalue weighted by molar-refractivity contribution is -0.155. The van der Waals surface area contributed by atoms with E-state index in [4.69, 9.17) is 14.2 Å². The molecule has 0 fully saturated rings. The molecular formula is C33H26FO5S+. The van der Waals surface area contributed by atoms with Gasteiger partial charge in [0.2, 0.25) is 4.90 Å². The van der Waals surface area contributed by atoms with Crippen LogP contribution < -0.4 is 4.74 Å². The predicted molar refractivity (Wildman–Crippen MR) is 156 cm³/mol. The Bertz CT molecular complexity index is 1760. The van der Waals surface area contributed by atoms with Crippen LogP contribution in [0.1, 0.15) is 29.8 Å². The van der Waals surface area contributed by atoms with Crippen molar-refractivity contribution in [3.63, 3.8) is 0 Å². The first-order valence-electron chi connectivity index (χ1n) is 12.5. The Morgan fingerprint density at radius 3 is 2.20 bits per heavy atom. The monoisotopic (exact) mass is 553 g/mol. The van der Waals surface area contributed by atoms with Crippen LogP contribution in [0.2, 0.25) is 0 Å². The first kappa shape index (κ1) is 26.9. The number of methoxy groups -OCH3 is 1. The van der Waals surface area contributed by atoms with Crippen molar-refractivity contribution < 1.29 is 28.2 Å². The highest BCUT2D eigenvalue weighted by Crippen LogP contribution is 2.51. The van der Waals surface area contributed by atoms with E-state index in [9.17, 15) is 14.0 Å². The van der Waals surface area contributed by atoms with Crippen LogP contribution in [-0.4, -0.2) is 31.3 Å². The highest BCUT2D eigenvalue weighted by atomic mass is 32.2. The van der Waals surface area contributed by atoms with Crippen LogP contribution in [0.3, 0.4) is 0 Å². The van der Waals surface area contributed by atoms with Crippen LogP contribution in [-0.2, 0) is 14.3 Å². The highest BCUT2D eigenvalue weighted by Gasteiger charge is 2.28. The van der Waals surface area contributed by atoms with Crippen molar-refractivity contribution in [2.24, 2.45) is 0 Å². The quantitative estimate of drug-likeness (QED) is 0.125. The smallest absolute Gasteiger partial charge is 0.345 e. The van der Waals surface area contributed by atoms with Crippen molar-refractivity contribution >= 4 is 42.6 Å². The number of ether oxygens (including phenoxy) is 3. The fraction of sp³-hybridized carbons (Fsp3) is 0.152. The van der Waals surface area contributed by atoms with Gasteiger partial charge in [-0.25, -0.2) is 14.0 Å². The second-order valence-electron chi connectivity index (χ2n) is 9.49. The van der Waals surface area contributed by atoms with E-state index in [0.717, 1.165) is 25.1 Å². The number of carbonyl (C=O) groups is 2. The van der Waals surface area contributed by atoms with E-state index < -0.39 is 40.4 Å². The summed E-state index contributed by atoms with van der Waals surface area (Å²) in [5.74, 6) is 4.44. The SMILES string of the molecule is COc1ccc(C(=O)OCC(=O)OC(C)(C)C#Cc2cccc(F)c2)cc1-[s+]1c2ccccc2c2ccccc21. The third-order valence-corrected chi connectivity index (χ3v) is 8.50. The molecule has 4 aromatic carbocycles. The van der Waals surface area contributed by atoms with E-state index in [-0.39, 0.29) is 0 Å². The summed E-state index contributed by atoms with van der Waals surface area (Å²) < 4.78 is 32.1. The summed E-state index contributed by atoms with van der Waals surface area (Å²) in [6, 6.07) is 27.4. The Hall–Kier alpha value is -4.67. The van der Waals surface area contributed by atoms with Crippen LogP contribution in [0, 0.1) is 17.7 Å². The van der Waals surface area contributed by atoms with E-state index in [0.29, 0.717) is 16.9 Å². The normalized spacial score (nSPS) is 11.1. The fourth-order valence-electron chi connectivity index (χ4n) is 4.39. The number of thiophene rings is 1. The molecule has 0 aliphatic rings. The minimum absolute atomic E-state index is 0.295. The molecule has 0 aliphatic carbocycles. The lowest BCUT2D eigenvalue weighted by Crippen LogP contribution is -2.29. The maximum atomic E-state index is 13.4. The molecule has 0 spiro atoms. The first-order valence-corrected chi connectivity index (χ1v) is 13.8. The lowest BCUT2D eigenvalue weighted by Gasteiger charge is -2.18. The summed E-state index contributed by atoms with van der Waals surface area (Å²) in [7, 11) is 1.11. The molecule has 0 aliphatic heterocycles. The Morgan fingerprint density at radius 1 is 0.875 bits per heavy atom. The molecule has 5 nitrogen and oxygen atoms in total. The third-order valence-electron chi connectivity index (χ3n) is 6.15. The van der Waals surface area contributed by atoms with Crippen molar-refractivity contribution in [1.82, 2.24) is 0 Å². The zero-order valence-electron chi connectivity index (χ0n) is 22.2. The van der Waals surface area contributed by atoms with Crippen molar-refractivity contribution in [3.05, 3.63) is 108 Å². The average Bonchev–Trinajstić information content (AvgIpc) is 3.29. The number of halogens is 1. The molecule has 0 radical (unpaired) electrons. The van der Waals surface area contributed by atoms with Gasteiger partial charge in [0.25, 0.3) is 0 Å². The van der Waals surface area contributed by atoms with Gasteiger partial charge in [-0.15, -0.1) is 0 Å². The van der Waals surface area contributed by atoms with Crippen LogP contribution >= 0.6 is 10.5 Å². The van der Waals surface area contributed by atoms with Gasteiger partial charge in [-0.1, -0.05) is 42.2 Å². The van der Waals surface area contributed by atoms with Crippen LogP contribution in [0.5, 0.6) is 5.75 Å². The number of esters is 2. The average molecular weight is 554 g/mol. The zero-order valence-corrected chi connectivity index (χ0v) is 23.0. The van der Waals surface area contributed by atoms with E-state index in [1.165, 1.54) is 12.1 Å². The second-order valence-corrected chi connectivity index (χ2v) is 11.4. The van der Waals surface area contributed by atoms with Crippen molar-refractivity contribution in [2.45, 2.75) is 19.4 Å². The molecule has 200 valence electrons. The molecule has 1 heterocycles. The van der Waals surface area contributed by atoms with Crippen LogP contribution in [0.4, 0.5) is 4.39 Å². The molecule has 7 heteroatoms. The van der Waals surface area contributed by atoms with Gasteiger partial charge in [-0.3, -0.25) is 0 Å². The molecule has 0 N–H and O–H groups in total. The molecular weight excluding hydrogens is 527 g/mol. The van der Waals surface area contributed by atoms with Gasteiger partial charge in [0.05, 0.1) is 12.7 Å². The molecule has 1 aromatic heterocycles. The molecule has 0 atom stereocenters. The van der Waals surface area contributed by atoms with Crippen LogP contribution in [0.25, 0.3) is 25.1 Å². The Kier molecular flexibility index (Phi) is 7.54. The fourth-order valence-corrected chi connectivity index (χ4v) is 6.92. The van der Waals surface area contributed by atoms with Crippen molar-refractivity contribution in [1.29, 1.82) is 0 Å². The Morgan fingerprint density at radius 2 is 1.55 bits per heavy atom. The Balaban J connectivity index is 1.35. The van der Waals surface area contributed by atoms with Crippen molar-refractivity contribution in [3.8, 4) is 22.5 Å². The molecule has 0 bridgehead atoms. The van der Waals surface area contributed by atoms with Crippen LogP contribution in [0.15, 0.2) is 91.0 Å². The maximum absolute atomic E-state index is 13.4. The summed E-state index contributed by atoms with van der Waals surface area (Å²) in [5, 5.41) is 2.31. The number of hydrogen-bond donors (Lipinski definition) is 0. The van der Waals surface area contributed by atoms with E-state index in [1.807, 2.05) is 24.3 Å². The summed E-state index contributed by atoms with van der Waals surface area (Å²) in [6.45, 7) is 2.63. The molecule has 5 aromatic rings. The number of hydrogen-bond acceptors (Lipinski definition) is 5. The van der Waals surface area contributed by atoms with Gasteiger partial charge < -0.3 is 14.2 Å². The minimum atomic E-state index is -1.17. The number of carbonyl (C=O) groups excluding carboxylic acids is 2. The predicted octanol–water partition coefficient (Wildman–Crippen LogP) is 7.41. The standard InChI is InChI=1S/C33H26FO5S/c1-33(2,18-17-22-9-8-10-24(34)19-22)39-31(35)21-38-32(36)23-15-16-27(37-3)30(20-23)40-28-13-6-4-11-25(28)26-12-5-7-14-29(26)40/h4-16,19-20H,21H2,1-3H3/q+1.